The molecule has 0 fully saturated rings. The van der Waals surface area contributed by atoms with Crippen molar-refractivity contribution in [1.29, 1.82) is 0 Å². The van der Waals surface area contributed by atoms with Gasteiger partial charge in [-0.1, -0.05) is 46.3 Å². The summed E-state index contributed by atoms with van der Waals surface area (Å²) in [5, 5.41) is 16.5. The first-order chi connectivity index (χ1) is 15.4. The van der Waals surface area contributed by atoms with Crippen LogP contribution in [-0.4, -0.2) is 21.7 Å². The van der Waals surface area contributed by atoms with Crippen LogP contribution in [0.15, 0.2) is 82.4 Å². The first-order valence-electron chi connectivity index (χ1n) is 9.68. The maximum absolute atomic E-state index is 12.2. The molecule has 1 amide bonds. The maximum atomic E-state index is 12.2. The van der Waals surface area contributed by atoms with Gasteiger partial charge >= 0.3 is 0 Å². The molecule has 4 rings (SSSR count). The van der Waals surface area contributed by atoms with Crippen LogP contribution in [0.3, 0.4) is 0 Å². The molecule has 9 heteroatoms. The average molecular weight is 496 g/mol. The fourth-order valence-electron chi connectivity index (χ4n) is 3.18. The monoisotopic (exact) mass is 495 g/mol. The van der Waals surface area contributed by atoms with E-state index in [0.29, 0.717) is 23.5 Å². The maximum Gasteiger partial charge on any atom is 0.269 e. The van der Waals surface area contributed by atoms with E-state index in [4.69, 9.17) is 9.47 Å². The number of rotatable bonds is 6. The summed E-state index contributed by atoms with van der Waals surface area (Å²) in [6, 6.07) is 21.0. The Labute approximate surface area is 192 Å². The number of hydrogen-bond donors (Lipinski definition) is 0. The minimum absolute atomic E-state index is 0.0501. The Morgan fingerprint density at radius 3 is 2.53 bits per heavy atom. The number of nitro groups is 1. The van der Waals surface area contributed by atoms with Crippen molar-refractivity contribution < 1.29 is 19.2 Å². The summed E-state index contributed by atoms with van der Waals surface area (Å²) in [6.07, 6.45) is -0.843. The zero-order chi connectivity index (χ0) is 22.7. The van der Waals surface area contributed by atoms with Crippen LogP contribution in [0.1, 0.15) is 29.8 Å². The summed E-state index contributed by atoms with van der Waals surface area (Å²) in [7, 11) is 0. The van der Waals surface area contributed by atoms with Gasteiger partial charge in [-0.2, -0.15) is 5.01 Å². The fourth-order valence-corrected chi connectivity index (χ4v) is 3.54. The summed E-state index contributed by atoms with van der Waals surface area (Å²) in [5.41, 5.74) is 2.09. The largest absolute Gasteiger partial charge is 0.488 e. The molecule has 0 bridgehead atoms. The third-order valence-corrected chi connectivity index (χ3v) is 5.26. The van der Waals surface area contributed by atoms with Gasteiger partial charge in [-0.15, -0.1) is 5.10 Å². The number of hydrogen-bond acceptors (Lipinski definition) is 6. The Balaban J connectivity index is 1.63. The smallest absolute Gasteiger partial charge is 0.269 e. The van der Waals surface area contributed by atoms with Crippen molar-refractivity contribution in [3.63, 3.8) is 0 Å². The highest BCUT2D eigenvalue weighted by molar-refractivity contribution is 9.10. The molecule has 3 aromatic carbocycles. The van der Waals surface area contributed by atoms with Crippen molar-refractivity contribution in [3.8, 4) is 5.75 Å². The summed E-state index contributed by atoms with van der Waals surface area (Å²) in [6.45, 7) is 1.73. The van der Waals surface area contributed by atoms with E-state index in [2.05, 4.69) is 21.0 Å². The van der Waals surface area contributed by atoms with Gasteiger partial charge in [0.05, 0.1) is 10.5 Å². The first kappa shape index (κ1) is 21.5. The van der Waals surface area contributed by atoms with Crippen LogP contribution in [-0.2, 0) is 16.1 Å². The Morgan fingerprint density at radius 2 is 1.88 bits per heavy atom. The normalized spacial score (nSPS) is 15.1. The first-order valence-corrected chi connectivity index (χ1v) is 10.5. The number of non-ortho nitro benzene ring substituents is 1. The number of carbonyl (C=O) groups is 1. The fraction of sp³-hybridized carbons (Fsp3) is 0.130. The molecule has 0 aromatic heterocycles. The number of hydrazone groups is 1. The zero-order valence-electron chi connectivity index (χ0n) is 17.0. The van der Waals surface area contributed by atoms with Gasteiger partial charge in [0.25, 0.3) is 5.69 Å². The molecule has 0 unspecified atom stereocenters. The second-order valence-corrected chi connectivity index (χ2v) is 7.92. The van der Waals surface area contributed by atoms with Gasteiger partial charge in [-0.25, -0.2) is 0 Å². The van der Waals surface area contributed by atoms with E-state index >= 15 is 0 Å². The van der Waals surface area contributed by atoms with Crippen molar-refractivity contribution in [3.05, 3.63) is 104 Å². The third-order valence-electron chi connectivity index (χ3n) is 4.76. The minimum atomic E-state index is -0.843. The molecule has 0 aliphatic carbocycles. The number of benzene rings is 3. The van der Waals surface area contributed by atoms with E-state index in [1.165, 1.54) is 24.1 Å². The van der Waals surface area contributed by atoms with Gasteiger partial charge in [0.2, 0.25) is 18.0 Å². The molecule has 8 nitrogen and oxygen atoms in total. The Kier molecular flexibility index (Phi) is 6.18. The molecule has 1 aliphatic heterocycles. The zero-order valence-corrected chi connectivity index (χ0v) is 18.6. The van der Waals surface area contributed by atoms with Crippen molar-refractivity contribution in [2.45, 2.75) is 19.8 Å². The molecule has 0 N–H and O–H groups in total. The van der Waals surface area contributed by atoms with Crippen LogP contribution >= 0.6 is 15.9 Å². The van der Waals surface area contributed by atoms with Crippen molar-refractivity contribution in [2.75, 3.05) is 0 Å². The molecule has 32 heavy (non-hydrogen) atoms. The highest BCUT2D eigenvalue weighted by Gasteiger charge is 2.34. The molecular weight excluding hydrogens is 478 g/mol. The lowest BCUT2D eigenvalue weighted by atomic mass is 10.1. The molecule has 1 heterocycles. The highest BCUT2D eigenvalue weighted by Crippen LogP contribution is 2.34. The molecular formula is C23H18BrN3O5. The number of ether oxygens (including phenoxy) is 2. The van der Waals surface area contributed by atoms with Gasteiger partial charge in [-0.05, 0) is 35.9 Å². The van der Waals surface area contributed by atoms with E-state index < -0.39 is 11.2 Å². The van der Waals surface area contributed by atoms with Crippen molar-refractivity contribution in [2.24, 2.45) is 5.10 Å². The van der Waals surface area contributed by atoms with Crippen LogP contribution in [0, 0.1) is 10.1 Å². The number of halogens is 1. The van der Waals surface area contributed by atoms with Crippen LogP contribution in [0.4, 0.5) is 5.69 Å². The predicted octanol–water partition coefficient (Wildman–Crippen LogP) is 5.18. The standard InChI is InChI=1S/C23H18BrN3O5/c1-15(28)26-23(17-7-10-19(11-8-17)27(29)30)32-22(25-26)20-13-18(24)9-12-21(20)31-14-16-5-3-2-4-6-16/h2-13,23H,14H2,1H3/t23-/m0/s1. The number of carbonyl (C=O) groups excluding carboxylic acids is 1. The SMILES string of the molecule is CC(=O)N1N=C(c2cc(Br)ccc2OCc2ccccc2)O[C@H]1c1ccc([N+](=O)[O-])cc1. The topological polar surface area (TPSA) is 94.3 Å². The van der Waals surface area contributed by atoms with Crippen molar-refractivity contribution in [1.82, 2.24) is 5.01 Å². The molecule has 0 saturated carbocycles. The van der Waals surface area contributed by atoms with Gasteiger partial charge < -0.3 is 9.47 Å². The molecule has 162 valence electrons. The van der Waals surface area contributed by atoms with Crippen LogP contribution in [0.5, 0.6) is 5.75 Å². The van der Waals surface area contributed by atoms with E-state index in [9.17, 15) is 14.9 Å². The molecule has 0 spiro atoms. The number of nitrogens with zero attached hydrogens (tertiary/aromatic N) is 3. The number of nitro benzene ring substituents is 1. The van der Waals surface area contributed by atoms with E-state index in [0.717, 1.165) is 10.0 Å². The molecule has 1 atom stereocenters. The highest BCUT2D eigenvalue weighted by atomic mass is 79.9. The lowest BCUT2D eigenvalue weighted by molar-refractivity contribution is -0.384. The molecule has 0 saturated heterocycles. The van der Waals surface area contributed by atoms with Crippen molar-refractivity contribution >= 4 is 33.4 Å². The van der Waals surface area contributed by atoms with Gasteiger partial charge in [-0.3, -0.25) is 14.9 Å². The van der Waals surface area contributed by atoms with Crippen LogP contribution in [0.2, 0.25) is 0 Å². The van der Waals surface area contributed by atoms with Gasteiger partial charge in [0.15, 0.2) is 0 Å². The van der Waals surface area contributed by atoms with Crippen LogP contribution < -0.4 is 4.74 Å². The second kappa shape index (κ2) is 9.19. The summed E-state index contributed by atoms with van der Waals surface area (Å²) >= 11 is 3.45. The molecule has 0 radical (unpaired) electrons. The average Bonchev–Trinajstić information content (AvgIpc) is 3.25. The summed E-state index contributed by atoms with van der Waals surface area (Å²) in [5.74, 6) is 0.432. The predicted molar refractivity (Wildman–Crippen MR) is 121 cm³/mol. The van der Waals surface area contributed by atoms with E-state index in [1.807, 2.05) is 36.4 Å². The summed E-state index contributed by atoms with van der Waals surface area (Å²) < 4.78 is 12.8. The second-order valence-electron chi connectivity index (χ2n) is 7.00. The van der Waals surface area contributed by atoms with E-state index in [1.54, 1.807) is 24.3 Å². The quantitative estimate of drug-likeness (QED) is 0.347. The lowest BCUT2D eigenvalue weighted by Crippen LogP contribution is -2.25. The van der Waals surface area contributed by atoms with E-state index in [-0.39, 0.29) is 17.5 Å². The number of amides is 1. The molecule has 3 aromatic rings. The lowest BCUT2D eigenvalue weighted by Gasteiger charge is -2.19. The Bertz CT molecular complexity index is 1180. The minimum Gasteiger partial charge on any atom is -0.488 e. The molecule has 1 aliphatic rings. The summed E-state index contributed by atoms with van der Waals surface area (Å²) in [4.78, 5) is 22.7. The Morgan fingerprint density at radius 1 is 1.16 bits per heavy atom. The van der Waals surface area contributed by atoms with Gasteiger partial charge in [0.1, 0.15) is 12.4 Å². The van der Waals surface area contributed by atoms with Crippen LogP contribution in [0.25, 0.3) is 0 Å². The Hall–Kier alpha value is -3.72. The third kappa shape index (κ3) is 4.62. The van der Waals surface area contributed by atoms with Gasteiger partial charge in [0, 0.05) is 29.1 Å².